The lowest BCUT2D eigenvalue weighted by Gasteiger charge is -2.20. The summed E-state index contributed by atoms with van der Waals surface area (Å²) in [6, 6.07) is 13.9. The average molecular weight is 430 g/mol. The number of hydrogen-bond acceptors (Lipinski definition) is 4. The Balaban J connectivity index is 1.61. The van der Waals surface area contributed by atoms with E-state index in [4.69, 9.17) is 4.99 Å². The van der Waals surface area contributed by atoms with Crippen molar-refractivity contribution in [2.45, 2.75) is 27.2 Å². The van der Waals surface area contributed by atoms with Gasteiger partial charge in [-0.25, -0.2) is 14.4 Å². The van der Waals surface area contributed by atoms with E-state index in [0.29, 0.717) is 28.5 Å². The van der Waals surface area contributed by atoms with Gasteiger partial charge in [0.05, 0.1) is 12.1 Å². The average Bonchev–Trinajstić information content (AvgIpc) is 2.89. The van der Waals surface area contributed by atoms with Gasteiger partial charge in [-0.3, -0.25) is 14.5 Å². The lowest BCUT2D eigenvalue weighted by Crippen LogP contribution is -2.39. The minimum Gasteiger partial charge on any atom is -0.324 e. The van der Waals surface area contributed by atoms with E-state index < -0.39 is 11.7 Å². The number of aryl methyl sites for hydroxylation is 3. The molecule has 1 aliphatic rings. The molecule has 0 bridgehead atoms. The van der Waals surface area contributed by atoms with Crippen molar-refractivity contribution >= 4 is 34.7 Å². The van der Waals surface area contributed by atoms with Gasteiger partial charge >= 0.3 is 0 Å². The molecule has 0 atom stereocenters. The molecule has 1 aromatic heterocycles. The first-order chi connectivity index (χ1) is 15.3. The maximum Gasteiger partial charge on any atom is 0.244 e. The Morgan fingerprint density at radius 1 is 1.06 bits per heavy atom. The number of rotatable bonds is 4. The maximum absolute atomic E-state index is 13.8. The van der Waals surface area contributed by atoms with Gasteiger partial charge < -0.3 is 5.32 Å². The molecule has 0 fully saturated rings. The molecule has 7 heteroatoms. The fraction of sp³-hybridized carbons (Fsp3) is 0.200. The monoisotopic (exact) mass is 430 g/mol. The van der Waals surface area contributed by atoms with Gasteiger partial charge in [-0.15, -0.1) is 0 Å². The minimum atomic E-state index is -0.451. The highest BCUT2D eigenvalue weighted by atomic mass is 19.1. The van der Waals surface area contributed by atoms with E-state index in [-0.39, 0.29) is 18.9 Å². The predicted octanol–water partition coefficient (Wildman–Crippen LogP) is 4.64. The number of aliphatic imine (C=N–C) groups is 1. The number of nitrogens with one attached hydrogen (secondary N) is 1. The first-order valence-corrected chi connectivity index (χ1v) is 10.3. The summed E-state index contributed by atoms with van der Waals surface area (Å²) in [6.07, 6.45) is 1.59. The number of aromatic nitrogens is 1. The smallest absolute Gasteiger partial charge is 0.244 e. The minimum absolute atomic E-state index is 0.0330. The number of amides is 2. The molecule has 0 saturated heterocycles. The number of anilines is 2. The molecule has 32 heavy (non-hydrogen) atoms. The first kappa shape index (κ1) is 21.4. The molecule has 2 heterocycles. The van der Waals surface area contributed by atoms with Crippen LogP contribution < -0.4 is 10.2 Å². The van der Waals surface area contributed by atoms with Gasteiger partial charge in [0.15, 0.2) is 5.82 Å². The fourth-order valence-corrected chi connectivity index (χ4v) is 3.49. The summed E-state index contributed by atoms with van der Waals surface area (Å²) >= 11 is 0. The number of benzene rings is 2. The molecule has 6 nitrogen and oxygen atoms in total. The van der Waals surface area contributed by atoms with Crippen molar-refractivity contribution in [1.29, 1.82) is 0 Å². The van der Waals surface area contributed by atoms with Crippen LogP contribution in [0.15, 0.2) is 59.7 Å². The second kappa shape index (κ2) is 8.70. The molecule has 2 amide bonds. The molecule has 3 aromatic rings. The molecule has 4 rings (SSSR count). The van der Waals surface area contributed by atoms with E-state index in [0.717, 1.165) is 16.7 Å². The second-order valence-electron chi connectivity index (χ2n) is 7.87. The Bertz CT molecular complexity index is 1250. The van der Waals surface area contributed by atoms with Gasteiger partial charge in [-0.2, -0.15) is 0 Å². The first-order valence-electron chi connectivity index (χ1n) is 10.3. The van der Waals surface area contributed by atoms with Crippen molar-refractivity contribution in [3.63, 3.8) is 0 Å². The Hall–Kier alpha value is -3.87. The summed E-state index contributed by atoms with van der Waals surface area (Å²) in [5.74, 6) is -0.828. The lowest BCUT2D eigenvalue weighted by molar-refractivity contribution is -0.120. The number of nitrogens with zero attached hydrogens (tertiary/aromatic N) is 3. The Morgan fingerprint density at radius 3 is 2.59 bits per heavy atom. The molecule has 1 N–H and O–H groups in total. The topological polar surface area (TPSA) is 74.7 Å². The SMILES string of the molecule is Cc1ccc(C2=Nc3cccnc3N(CC(=O)Nc3ccc(C)c(F)c3)C(=O)C2)cc1C. The number of halogens is 1. The van der Waals surface area contributed by atoms with E-state index in [9.17, 15) is 14.0 Å². The van der Waals surface area contributed by atoms with Crippen LogP contribution in [0.25, 0.3) is 0 Å². The zero-order valence-corrected chi connectivity index (χ0v) is 18.1. The van der Waals surface area contributed by atoms with Crippen molar-refractivity contribution in [1.82, 2.24) is 4.98 Å². The van der Waals surface area contributed by atoms with Crippen LogP contribution in [0.3, 0.4) is 0 Å². The molecule has 0 unspecified atom stereocenters. The summed E-state index contributed by atoms with van der Waals surface area (Å²) < 4.78 is 13.8. The number of fused-ring (bicyclic) bond motifs is 1. The summed E-state index contributed by atoms with van der Waals surface area (Å²) in [5, 5.41) is 2.65. The van der Waals surface area contributed by atoms with Crippen LogP contribution in [0.5, 0.6) is 0 Å². The van der Waals surface area contributed by atoms with Crippen LogP contribution in [-0.4, -0.2) is 29.1 Å². The number of carbonyl (C=O) groups excluding carboxylic acids is 2. The van der Waals surface area contributed by atoms with Crippen LogP contribution in [0, 0.1) is 26.6 Å². The van der Waals surface area contributed by atoms with Crippen molar-refractivity contribution in [2.75, 3.05) is 16.8 Å². The van der Waals surface area contributed by atoms with E-state index in [1.807, 2.05) is 32.0 Å². The van der Waals surface area contributed by atoms with Crippen molar-refractivity contribution < 1.29 is 14.0 Å². The molecule has 162 valence electrons. The molecule has 0 radical (unpaired) electrons. The largest absolute Gasteiger partial charge is 0.324 e. The standard InChI is InChI=1S/C25H23FN4O2/c1-15-6-8-18(11-17(15)3)22-13-24(32)30(25-21(29-22)5-4-10-27-25)14-23(31)28-19-9-7-16(2)20(26)12-19/h4-12H,13-14H2,1-3H3,(H,28,31). The predicted molar refractivity (Wildman–Crippen MR) is 123 cm³/mol. The number of carbonyl (C=O) groups is 2. The second-order valence-corrected chi connectivity index (χ2v) is 7.87. The van der Waals surface area contributed by atoms with Crippen LogP contribution in [0.1, 0.15) is 28.7 Å². The normalized spacial score (nSPS) is 13.3. The highest BCUT2D eigenvalue weighted by Crippen LogP contribution is 2.31. The van der Waals surface area contributed by atoms with E-state index in [1.54, 1.807) is 37.4 Å². The summed E-state index contributed by atoms with van der Waals surface area (Å²) in [5.41, 5.74) is 5.07. The summed E-state index contributed by atoms with van der Waals surface area (Å²) in [7, 11) is 0. The zero-order valence-electron chi connectivity index (χ0n) is 18.1. The maximum atomic E-state index is 13.8. The van der Waals surface area contributed by atoms with Gasteiger partial charge in [0.1, 0.15) is 18.0 Å². The Kier molecular flexibility index (Phi) is 5.81. The van der Waals surface area contributed by atoms with Gasteiger partial charge in [0.25, 0.3) is 0 Å². The third kappa shape index (κ3) is 4.42. The molecule has 0 aliphatic carbocycles. The van der Waals surface area contributed by atoms with Gasteiger partial charge in [-0.05, 0) is 73.4 Å². The van der Waals surface area contributed by atoms with Crippen LogP contribution in [0.2, 0.25) is 0 Å². The number of hydrogen-bond donors (Lipinski definition) is 1. The Labute approximate surface area is 185 Å². The molecule has 1 aliphatic heterocycles. The summed E-state index contributed by atoms with van der Waals surface area (Å²) in [6.45, 7) is 5.43. The van der Waals surface area contributed by atoms with E-state index in [1.165, 1.54) is 11.0 Å². The van der Waals surface area contributed by atoms with Crippen molar-refractivity contribution in [3.05, 3.63) is 82.8 Å². The third-order valence-electron chi connectivity index (χ3n) is 5.49. The van der Waals surface area contributed by atoms with Crippen LogP contribution in [0.4, 0.5) is 21.6 Å². The van der Waals surface area contributed by atoms with E-state index in [2.05, 4.69) is 10.3 Å². The third-order valence-corrected chi connectivity index (χ3v) is 5.49. The number of pyridine rings is 1. The highest BCUT2D eigenvalue weighted by Gasteiger charge is 2.28. The molecule has 0 saturated carbocycles. The van der Waals surface area contributed by atoms with E-state index >= 15 is 0 Å². The molecular weight excluding hydrogens is 407 g/mol. The van der Waals surface area contributed by atoms with Gasteiger partial charge in [0, 0.05) is 11.9 Å². The zero-order chi connectivity index (χ0) is 22.8. The summed E-state index contributed by atoms with van der Waals surface area (Å²) in [4.78, 5) is 36.2. The lowest BCUT2D eigenvalue weighted by atomic mass is 10.0. The van der Waals surface area contributed by atoms with Gasteiger partial charge in [0.2, 0.25) is 11.8 Å². The van der Waals surface area contributed by atoms with Crippen molar-refractivity contribution in [2.24, 2.45) is 4.99 Å². The van der Waals surface area contributed by atoms with Crippen molar-refractivity contribution in [3.8, 4) is 0 Å². The molecule has 0 spiro atoms. The highest BCUT2D eigenvalue weighted by molar-refractivity contribution is 6.18. The quantitative estimate of drug-likeness (QED) is 0.655. The Morgan fingerprint density at radius 2 is 1.84 bits per heavy atom. The van der Waals surface area contributed by atoms with Crippen LogP contribution in [-0.2, 0) is 9.59 Å². The fourth-order valence-electron chi connectivity index (χ4n) is 3.49. The molecule has 2 aromatic carbocycles. The molecular formula is C25H23FN4O2. The van der Waals surface area contributed by atoms with Crippen LogP contribution >= 0.6 is 0 Å². The van der Waals surface area contributed by atoms with Gasteiger partial charge in [-0.1, -0.05) is 18.2 Å².